The standard InChI is InChI=1S/C23H26N4OS/c1-17-8-6-7-11-19(17)24-20(28)16-29-22-21(18-9-4-3-5-10-18)25-23(26-22)12-14-27(2)15-13-23/h3-11H,12-16H2,1-2H3,(H,24,28). The van der Waals surface area contributed by atoms with Gasteiger partial charge in [-0.2, -0.15) is 0 Å². The van der Waals surface area contributed by atoms with E-state index in [0.717, 1.165) is 53.5 Å². The van der Waals surface area contributed by atoms with Crippen LogP contribution < -0.4 is 5.32 Å². The second-order valence-corrected chi connectivity index (χ2v) is 8.64. The Bertz CT molecular complexity index is 946. The molecule has 6 heteroatoms. The number of likely N-dealkylation sites (tertiary alicyclic amines) is 1. The van der Waals surface area contributed by atoms with E-state index in [0.29, 0.717) is 5.75 Å². The smallest absolute Gasteiger partial charge is 0.234 e. The highest BCUT2D eigenvalue weighted by Crippen LogP contribution is 2.35. The molecule has 2 aromatic carbocycles. The maximum Gasteiger partial charge on any atom is 0.234 e. The van der Waals surface area contributed by atoms with Crippen LogP contribution in [0.15, 0.2) is 64.6 Å². The molecule has 29 heavy (non-hydrogen) atoms. The molecule has 0 atom stereocenters. The topological polar surface area (TPSA) is 57.1 Å². The van der Waals surface area contributed by atoms with Crippen molar-refractivity contribution in [3.05, 3.63) is 65.7 Å². The van der Waals surface area contributed by atoms with E-state index in [-0.39, 0.29) is 11.6 Å². The molecule has 0 bridgehead atoms. The zero-order valence-electron chi connectivity index (χ0n) is 16.9. The van der Waals surface area contributed by atoms with Gasteiger partial charge in [0, 0.05) is 37.2 Å². The summed E-state index contributed by atoms with van der Waals surface area (Å²) in [6, 6.07) is 18.0. The van der Waals surface area contributed by atoms with E-state index in [1.165, 1.54) is 11.8 Å². The molecule has 5 nitrogen and oxygen atoms in total. The molecule has 4 rings (SSSR count). The van der Waals surface area contributed by atoms with E-state index in [1.54, 1.807) is 0 Å². The van der Waals surface area contributed by atoms with Crippen molar-refractivity contribution in [1.29, 1.82) is 0 Å². The summed E-state index contributed by atoms with van der Waals surface area (Å²) in [7, 11) is 2.14. The second-order valence-electron chi connectivity index (χ2n) is 7.68. The molecular weight excluding hydrogens is 380 g/mol. The Labute approximate surface area is 176 Å². The number of carbonyl (C=O) groups excluding carboxylic acids is 1. The predicted molar refractivity (Wildman–Crippen MR) is 122 cm³/mol. The van der Waals surface area contributed by atoms with Crippen LogP contribution in [-0.2, 0) is 4.79 Å². The molecule has 2 heterocycles. The first kappa shape index (κ1) is 19.9. The number of amides is 1. The van der Waals surface area contributed by atoms with Crippen LogP contribution in [0.2, 0.25) is 0 Å². The minimum Gasteiger partial charge on any atom is -0.325 e. The summed E-state index contributed by atoms with van der Waals surface area (Å²) < 4.78 is 0. The third-order valence-corrected chi connectivity index (χ3v) is 6.39. The Morgan fingerprint density at radius 3 is 2.48 bits per heavy atom. The van der Waals surface area contributed by atoms with E-state index in [9.17, 15) is 4.79 Å². The Kier molecular flexibility index (Phi) is 5.83. The molecule has 2 aromatic rings. The molecule has 0 saturated carbocycles. The van der Waals surface area contributed by atoms with Crippen molar-refractivity contribution in [2.45, 2.75) is 25.4 Å². The van der Waals surface area contributed by atoms with Gasteiger partial charge in [-0.1, -0.05) is 60.3 Å². The van der Waals surface area contributed by atoms with Crippen LogP contribution in [-0.4, -0.2) is 53.1 Å². The first-order chi connectivity index (χ1) is 14.0. The van der Waals surface area contributed by atoms with Gasteiger partial charge in [0.2, 0.25) is 5.91 Å². The maximum absolute atomic E-state index is 12.5. The first-order valence-electron chi connectivity index (χ1n) is 9.97. The Hall–Kier alpha value is -2.44. The number of para-hydroxylation sites is 1. The summed E-state index contributed by atoms with van der Waals surface area (Å²) in [5, 5.41) is 3.88. The number of nitrogens with zero attached hydrogens (tertiary/aromatic N) is 3. The van der Waals surface area contributed by atoms with Crippen LogP contribution in [0, 0.1) is 6.92 Å². The lowest BCUT2D eigenvalue weighted by molar-refractivity contribution is -0.113. The number of carbonyl (C=O) groups is 1. The maximum atomic E-state index is 12.5. The van der Waals surface area contributed by atoms with Crippen molar-refractivity contribution in [2.24, 2.45) is 9.98 Å². The van der Waals surface area contributed by atoms with Crippen molar-refractivity contribution < 1.29 is 4.79 Å². The van der Waals surface area contributed by atoms with Gasteiger partial charge in [0.25, 0.3) is 0 Å². The van der Waals surface area contributed by atoms with Crippen LogP contribution in [0.25, 0.3) is 0 Å². The van der Waals surface area contributed by atoms with Gasteiger partial charge < -0.3 is 10.2 Å². The van der Waals surface area contributed by atoms with Gasteiger partial charge in [-0.25, -0.2) is 4.99 Å². The lowest BCUT2D eigenvalue weighted by Gasteiger charge is -2.33. The van der Waals surface area contributed by atoms with Gasteiger partial charge >= 0.3 is 0 Å². The van der Waals surface area contributed by atoms with Crippen LogP contribution >= 0.6 is 11.8 Å². The van der Waals surface area contributed by atoms with E-state index < -0.39 is 0 Å². The molecule has 2 aliphatic heterocycles. The highest BCUT2D eigenvalue weighted by molar-refractivity contribution is 8.16. The van der Waals surface area contributed by atoms with E-state index in [2.05, 4.69) is 29.4 Å². The van der Waals surface area contributed by atoms with Crippen molar-refractivity contribution in [3.8, 4) is 0 Å². The molecule has 1 amide bonds. The summed E-state index contributed by atoms with van der Waals surface area (Å²) in [4.78, 5) is 25.0. The fourth-order valence-corrected chi connectivity index (χ4v) is 4.52. The Morgan fingerprint density at radius 1 is 1.07 bits per heavy atom. The van der Waals surface area contributed by atoms with Crippen molar-refractivity contribution in [3.63, 3.8) is 0 Å². The number of piperidine rings is 1. The summed E-state index contributed by atoms with van der Waals surface area (Å²) >= 11 is 1.48. The number of hydrogen-bond donors (Lipinski definition) is 1. The largest absolute Gasteiger partial charge is 0.325 e. The molecule has 0 radical (unpaired) electrons. The molecule has 1 N–H and O–H groups in total. The van der Waals surface area contributed by atoms with E-state index >= 15 is 0 Å². The lowest BCUT2D eigenvalue weighted by atomic mass is 9.99. The number of benzene rings is 2. The van der Waals surface area contributed by atoms with Gasteiger partial charge in [-0.05, 0) is 25.6 Å². The minimum absolute atomic E-state index is 0.0243. The first-order valence-corrected chi connectivity index (χ1v) is 11.0. The van der Waals surface area contributed by atoms with Crippen LogP contribution in [0.1, 0.15) is 24.0 Å². The lowest BCUT2D eigenvalue weighted by Crippen LogP contribution is -2.39. The quantitative estimate of drug-likeness (QED) is 0.835. The molecule has 2 aliphatic rings. The fraction of sp³-hybridized carbons (Fsp3) is 0.348. The summed E-state index contributed by atoms with van der Waals surface area (Å²) in [6.07, 6.45) is 1.83. The van der Waals surface area contributed by atoms with Gasteiger partial charge in [-0.3, -0.25) is 9.79 Å². The van der Waals surface area contributed by atoms with Crippen LogP contribution in [0.3, 0.4) is 0 Å². The number of hydrogen-bond acceptors (Lipinski definition) is 5. The van der Waals surface area contributed by atoms with E-state index in [1.807, 2.05) is 49.4 Å². The number of rotatable bonds is 4. The number of thioether (sulfide) groups is 1. The van der Waals surface area contributed by atoms with Gasteiger partial charge in [0.05, 0.1) is 11.5 Å². The van der Waals surface area contributed by atoms with Crippen molar-refractivity contribution in [1.82, 2.24) is 4.90 Å². The average molecular weight is 407 g/mol. The Morgan fingerprint density at radius 2 is 1.76 bits per heavy atom. The minimum atomic E-state index is -0.369. The zero-order chi connectivity index (χ0) is 20.3. The number of anilines is 1. The Balaban J connectivity index is 1.50. The molecule has 0 aromatic heterocycles. The fourth-order valence-electron chi connectivity index (χ4n) is 3.64. The van der Waals surface area contributed by atoms with Gasteiger partial charge in [0.15, 0.2) is 5.66 Å². The third-order valence-electron chi connectivity index (χ3n) is 5.43. The molecule has 0 aliphatic carbocycles. The summed E-state index contributed by atoms with van der Waals surface area (Å²) in [6.45, 7) is 3.97. The van der Waals surface area contributed by atoms with Crippen molar-refractivity contribution >= 4 is 34.1 Å². The van der Waals surface area contributed by atoms with Gasteiger partial charge in [0.1, 0.15) is 5.04 Å². The summed E-state index contributed by atoms with van der Waals surface area (Å²) in [5.41, 5.74) is 3.53. The van der Waals surface area contributed by atoms with Crippen LogP contribution in [0.5, 0.6) is 0 Å². The normalized spacial score (nSPS) is 18.4. The van der Waals surface area contributed by atoms with Crippen LogP contribution in [0.4, 0.5) is 5.69 Å². The number of aliphatic imine (C=N–C) groups is 2. The molecule has 1 spiro atoms. The predicted octanol–water partition coefficient (Wildman–Crippen LogP) is 3.99. The molecule has 1 fully saturated rings. The highest BCUT2D eigenvalue weighted by atomic mass is 32.2. The summed E-state index contributed by atoms with van der Waals surface area (Å²) in [5.74, 6) is 0.290. The highest BCUT2D eigenvalue weighted by Gasteiger charge is 2.39. The number of nitrogens with one attached hydrogen (secondary N) is 1. The average Bonchev–Trinajstić information content (AvgIpc) is 3.10. The second kappa shape index (κ2) is 8.51. The van der Waals surface area contributed by atoms with E-state index in [4.69, 9.17) is 9.98 Å². The SMILES string of the molecule is Cc1ccccc1NC(=O)CSC1=NC2(CCN(C)CC2)N=C1c1ccccc1. The van der Waals surface area contributed by atoms with Gasteiger partial charge in [-0.15, -0.1) is 0 Å². The monoisotopic (exact) mass is 406 g/mol. The molecular formula is C23H26N4OS. The molecule has 0 unspecified atom stereocenters. The zero-order valence-corrected chi connectivity index (χ0v) is 17.7. The van der Waals surface area contributed by atoms with Crippen molar-refractivity contribution in [2.75, 3.05) is 31.2 Å². The molecule has 1 saturated heterocycles. The number of aryl methyl sites for hydroxylation is 1. The third kappa shape index (κ3) is 4.60. The molecule has 150 valence electrons.